The highest BCUT2D eigenvalue weighted by Gasteiger charge is 2.07. The Hall–Kier alpha value is -2.89. The molecule has 0 saturated heterocycles. The van der Waals surface area contributed by atoms with E-state index in [-0.39, 0.29) is 5.91 Å². The standard InChI is InChI=1S/C19H25N3O3/c1-22(2)16-8-5-14(6-9-16)20-12-11-19(23)21-15-7-10-17(24-3)18(13-15)25-4/h5-10,13,20H,11-12H2,1-4H3,(H,21,23). The molecule has 0 unspecified atom stereocenters. The number of carbonyl (C=O) groups excluding carboxylic acids is 1. The van der Waals surface area contributed by atoms with Crippen molar-refractivity contribution in [3.8, 4) is 11.5 Å². The Labute approximate surface area is 148 Å². The summed E-state index contributed by atoms with van der Waals surface area (Å²) < 4.78 is 10.4. The van der Waals surface area contributed by atoms with E-state index in [0.717, 1.165) is 11.4 Å². The molecule has 0 aliphatic heterocycles. The highest BCUT2D eigenvalue weighted by atomic mass is 16.5. The van der Waals surface area contributed by atoms with Gasteiger partial charge in [-0.3, -0.25) is 4.79 Å². The van der Waals surface area contributed by atoms with E-state index in [2.05, 4.69) is 10.6 Å². The molecular formula is C19H25N3O3. The summed E-state index contributed by atoms with van der Waals surface area (Å²) >= 11 is 0. The fourth-order valence-corrected chi connectivity index (χ4v) is 2.34. The molecule has 0 fully saturated rings. The van der Waals surface area contributed by atoms with E-state index in [1.165, 1.54) is 0 Å². The molecule has 2 aromatic carbocycles. The zero-order chi connectivity index (χ0) is 18.2. The van der Waals surface area contributed by atoms with Crippen LogP contribution in [-0.2, 0) is 4.79 Å². The number of nitrogens with one attached hydrogen (secondary N) is 2. The van der Waals surface area contributed by atoms with Crippen LogP contribution in [0.1, 0.15) is 6.42 Å². The molecule has 0 spiro atoms. The predicted molar refractivity (Wildman–Crippen MR) is 102 cm³/mol. The van der Waals surface area contributed by atoms with Gasteiger partial charge in [0.25, 0.3) is 0 Å². The van der Waals surface area contributed by atoms with Gasteiger partial charge in [-0.2, -0.15) is 0 Å². The third-order valence-corrected chi connectivity index (χ3v) is 3.73. The zero-order valence-electron chi connectivity index (χ0n) is 15.1. The Kier molecular flexibility index (Phi) is 6.51. The number of ether oxygens (including phenoxy) is 2. The summed E-state index contributed by atoms with van der Waals surface area (Å²) in [5.41, 5.74) is 2.80. The minimum absolute atomic E-state index is 0.0652. The third kappa shape index (κ3) is 5.31. The van der Waals surface area contributed by atoms with Gasteiger partial charge >= 0.3 is 0 Å². The van der Waals surface area contributed by atoms with Crippen molar-refractivity contribution in [2.75, 3.05) is 50.4 Å². The van der Waals surface area contributed by atoms with Crippen molar-refractivity contribution < 1.29 is 14.3 Å². The molecule has 0 radical (unpaired) electrons. The highest BCUT2D eigenvalue weighted by Crippen LogP contribution is 2.29. The molecule has 6 nitrogen and oxygen atoms in total. The number of amides is 1. The normalized spacial score (nSPS) is 10.1. The third-order valence-electron chi connectivity index (χ3n) is 3.73. The SMILES string of the molecule is COc1ccc(NC(=O)CCNc2ccc(N(C)C)cc2)cc1OC. The van der Waals surface area contributed by atoms with Crippen molar-refractivity contribution in [3.63, 3.8) is 0 Å². The number of carbonyl (C=O) groups is 1. The van der Waals surface area contributed by atoms with Crippen LogP contribution in [0.3, 0.4) is 0 Å². The first-order chi connectivity index (χ1) is 12.0. The first kappa shape index (κ1) is 18.4. The van der Waals surface area contributed by atoms with E-state index in [0.29, 0.717) is 30.2 Å². The highest BCUT2D eigenvalue weighted by molar-refractivity contribution is 5.91. The van der Waals surface area contributed by atoms with Crippen molar-refractivity contribution in [2.24, 2.45) is 0 Å². The number of hydrogen-bond donors (Lipinski definition) is 2. The molecule has 25 heavy (non-hydrogen) atoms. The van der Waals surface area contributed by atoms with Gasteiger partial charge in [-0.15, -0.1) is 0 Å². The summed E-state index contributed by atoms with van der Waals surface area (Å²) in [5.74, 6) is 1.15. The maximum atomic E-state index is 12.1. The summed E-state index contributed by atoms with van der Waals surface area (Å²) in [6.45, 7) is 0.556. The molecule has 134 valence electrons. The lowest BCUT2D eigenvalue weighted by Gasteiger charge is -2.13. The Bertz CT molecular complexity index is 700. The van der Waals surface area contributed by atoms with Crippen LogP contribution in [0.15, 0.2) is 42.5 Å². The quantitative estimate of drug-likeness (QED) is 0.771. The van der Waals surface area contributed by atoms with E-state index in [1.807, 2.05) is 43.3 Å². The molecule has 6 heteroatoms. The van der Waals surface area contributed by atoms with E-state index < -0.39 is 0 Å². The van der Waals surface area contributed by atoms with E-state index >= 15 is 0 Å². The van der Waals surface area contributed by atoms with Crippen LogP contribution in [0.5, 0.6) is 11.5 Å². The van der Waals surface area contributed by atoms with Crippen LogP contribution < -0.4 is 25.0 Å². The van der Waals surface area contributed by atoms with Gasteiger partial charge in [-0.1, -0.05) is 0 Å². The van der Waals surface area contributed by atoms with Gasteiger partial charge in [-0.25, -0.2) is 0 Å². The van der Waals surface area contributed by atoms with Crippen LogP contribution >= 0.6 is 0 Å². The molecule has 1 amide bonds. The Balaban J connectivity index is 1.82. The minimum atomic E-state index is -0.0652. The molecule has 0 aliphatic rings. The first-order valence-corrected chi connectivity index (χ1v) is 8.06. The number of benzene rings is 2. The second kappa shape index (κ2) is 8.82. The van der Waals surface area contributed by atoms with Crippen LogP contribution in [0.4, 0.5) is 17.1 Å². The van der Waals surface area contributed by atoms with Gasteiger partial charge in [0.05, 0.1) is 14.2 Å². The topological polar surface area (TPSA) is 62.8 Å². The van der Waals surface area contributed by atoms with Crippen molar-refractivity contribution in [2.45, 2.75) is 6.42 Å². The van der Waals surface area contributed by atoms with Crippen molar-refractivity contribution in [3.05, 3.63) is 42.5 Å². The van der Waals surface area contributed by atoms with Crippen molar-refractivity contribution in [1.29, 1.82) is 0 Å². The van der Waals surface area contributed by atoms with Gasteiger partial charge in [0.1, 0.15) is 0 Å². The number of nitrogens with zero attached hydrogens (tertiary/aromatic N) is 1. The molecule has 0 saturated carbocycles. The zero-order valence-corrected chi connectivity index (χ0v) is 15.1. The summed E-state index contributed by atoms with van der Waals surface area (Å²) in [7, 11) is 7.14. The molecular weight excluding hydrogens is 318 g/mol. The summed E-state index contributed by atoms with van der Waals surface area (Å²) in [6.07, 6.45) is 0.365. The second-order valence-electron chi connectivity index (χ2n) is 5.74. The molecule has 0 aromatic heterocycles. The first-order valence-electron chi connectivity index (χ1n) is 8.06. The summed E-state index contributed by atoms with van der Waals surface area (Å²) in [4.78, 5) is 14.1. The Morgan fingerprint density at radius 1 is 0.960 bits per heavy atom. The number of methoxy groups -OCH3 is 2. The lowest BCUT2D eigenvalue weighted by atomic mass is 10.2. The molecule has 0 bridgehead atoms. The summed E-state index contributed by atoms with van der Waals surface area (Å²) in [5, 5.41) is 6.10. The fraction of sp³-hybridized carbons (Fsp3) is 0.316. The average molecular weight is 343 g/mol. The lowest BCUT2D eigenvalue weighted by Crippen LogP contribution is -2.16. The second-order valence-corrected chi connectivity index (χ2v) is 5.74. The average Bonchev–Trinajstić information content (AvgIpc) is 2.62. The van der Waals surface area contributed by atoms with Crippen LogP contribution in [0.25, 0.3) is 0 Å². The van der Waals surface area contributed by atoms with E-state index in [9.17, 15) is 4.79 Å². The largest absolute Gasteiger partial charge is 0.493 e. The molecule has 0 heterocycles. The van der Waals surface area contributed by atoms with Crippen molar-refractivity contribution >= 4 is 23.0 Å². The molecule has 2 aromatic rings. The Morgan fingerprint density at radius 3 is 2.20 bits per heavy atom. The number of anilines is 3. The number of hydrogen-bond acceptors (Lipinski definition) is 5. The Morgan fingerprint density at radius 2 is 1.60 bits per heavy atom. The monoisotopic (exact) mass is 343 g/mol. The van der Waals surface area contributed by atoms with Gasteiger partial charge in [0.2, 0.25) is 5.91 Å². The van der Waals surface area contributed by atoms with E-state index in [1.54, 1.807) is 32.4 Å². The van der Waals surface area contributed by atoms with E-state index in [4.69, 9.17) is 9.47 Å². The van der Waals surface area contributed by atoms with Gasteiger partial charge in [0.15, 0.2) is 11.5 Å². The van der Waals surface area contributed by atoms with Crippen LogP contribution in [0, 0.1) is 0 Å². The minimum Gasteiger partial charge on any atom is -0.493 e. The lowest BCUT2D eigenvalue weighted by molar-refractivity contribution is -0.115. The number of rotatable bonds is 8. The summed E-state index contributed by atoms with van der Waals surface area (Å²) in [6, 6.07) is 13.4. The van der Waals surface area contributed by atoms with Gasteiger partial charge < -0.3 is 25.0 Å². The molecule has 0 atom stereocenters. The molecule has 2 rings (SSSR count). The molecule has 2 N–H and O–H groups in total. The molecule has 0 aliphatic carbocycles. The van der Waals surface area contributed by atoms with Crippen LogP contribution in [0.2, 0.25) is 0 Å². The van der Waals surface area contributed by atoms with Crippen molar-refractivity contribution in [1.82, 2.24) is 0 Å². The smallest absolute Gasteiger partial charge is 0.226 e. The maximum absolute atomic E-state index is 12.1. The maximum Gasteiger partial charge on any atom is 0.226 e. The fourth-order valence-electron chi connectivity index (χ4n) is 2.34. The predicted octanol–water partition coefficient (Wildman–Crippen LogP) is 3.21. The van der Waals surface area contributed by atoms with Crippen LogP contribution in [-0.4, -0.2) is 40.8 Å². The van der Waals surface area contributed by atoms with Gasteiger partial charge in [0, 0.05) is 50.2 Å². The van der Waals surface area contributed by atoms with Gasteiger partial charge in [-0.05, 0) is 36.4 Å².